The Bertz CT molecular complexity index is 218. The molecule has 2 N–H and O–H groups in total. The Hall–Kier alpha value is -1.26. The number of carbonyl (C=O) groups is 2. The maximum atomic E-state index is 11.1. The van der Waals surface area contributed by atoms with Crippen molar-refractivity contribution < 1.29 is 14.3 Å². The van der Waals surface area contributed by atoms with Gasteiger partial charge >= 0.3 is 6.09 Å². The number of amides is 2. The molecular formula is C12H26N2O3. The average Bonchev–Trinajstić information content (AvgIpc) is 2.77. The molecule has 1 aliphatic rings. The van der Waals surface area contributed by atoms with E-state index in [9.17, 15) is 9.59 Å². The number of carbonyl (C=O) groups excluding carboxylic acids is 2. The minimum atomic E-state index is -0.413. The molecule has 1 rings (SSSR count). The van der Waals surface area contributed by atoms with E-state index >= 15 is 0 Å². The van der Waals surface area contributed by atoms with E-state index < -0.39 is 6.09 Å². The van der Waals surface area contributed by atoms with Crippen molar-refractivity contribution in [3.8, 4) is 0 Å². The molecule has 0 aliphatic carbocycles. The Labute approximate surface area is 104 Å². The van der Waals surface area contributed by atoms with Crippen LogP contribution in [0.3, 0.4) is 0 Å². The van der Waals surface area contributed by atoms with Crippen LogP contribution >= 0.6 is 0 Å². The molecule has 0 aromatic rings. The summed E-state index contributed by atoms with van der Waals surface area (Å²) in [6.45, 7) is 12.5. The second kappa shape index (κ2) is 11.2. The van der Waals surface area contributed by atoms with Crippen molar-refractivity contribution in [2.75, 3.05) is 13.1 Å². The summed E-state index contributed by atoms with van der Waals surface area (Å²) in [7, 11) is 0. The highest BCUT2D eigenvalue weighted by Crippen LogP contribution is 1.98. The van der Waals surface area contributed by atoms with E-state index in [4.69, 9.17) is 4.74 Å². The van der Waals surface area contributed by atoms with Crippen molar-refractivity contribution in [3.63, 3.8) is 0 Å². The van der Waals surface area contributed by atoms with Crippen molar-refractivity contribution in [2.45, 2.75) is 47.6 Å². The largest absolute Gasteiger partial charge is 0.442 e. The van der Waals surface area contributed by atoms with E-state index in [2.05, 4.69) is 10.6 Å². The summed E-state index contributed by atoms with van der Waals surface area (Å²) in [5.74, 6) is -0.0620. The predicted octanol–water partition coefficient (Wildman–Crippen LogP) is 1.92. The SMILES string of the molecule is CC.CC.CC(C)C(=O)NCC1CNC(=O)O1. The van der Waals surface area contributed by atoms with Gasteiger partial charge < -0.3 is 15.4 Å². The predicted molar refractivity (Wildman–Crippen MR) is 68.8 cm³/mol. The molecule has 5 heteroatoms. The number of ether oxygens (including phenoxy) is 1. The van der Waals surface area contributed by atoms with Gasteiger partial charge in [0.1, 0.15) is 6.10 Å². The molecule has 1 atom stereocenters. The van der Waals surface area contributed by atoms with Crippen LogP contribution in [0.4, 0.5) is 4.79 Å². The molecule has 0 saturated carbocycles. The van der Waals surface area contributed by atoms with Gasteiger partial charge in [-0.15, -0.1) is 0 Å². The van der Waals surface area contributed by atoms with E-state index in [1.807, 2.05) is 41.5 Å². The second-order valence-electron chi connectivity index (χ2n) is 3.31. The first kappa shape index (κ1) is 18.1. The summed E-state index contributed by atoms with van der Waals surface area (Å²) in [4.78, 5) is 21.7. The van der Waals surface area contributed by atoms with Gasteiger partial charge in [0.2, 0.25) is 5.91 Å². The van der Waals surface area contributed by atoms with Gasteiger partial charge in [-0.3, -0.25) is 4.79 Å². The first-order valence-electron chi connectivity index (χ1n) is 6.32. The highest BCUT2D eigenvalue weighted by atomic mass is 16.6. The standard InChI is InChI=1S/C8H14N2O3.2C2H6/c1-5(2)7(11)9-3-6-4-10-8(12)13-6;2*1-2/h5-6H,3-4H2,1-2H3,(H,9,11)(H,10,12);2*1-2H3. The minimum Gasteiger partial charge on any atom is -0.442 e. The monoisotopic (exact) mass is 246 g/mol. The summed E-state index contributed by atoms with van der Waals surface area (Å²) >= 11 is 0. The molecule has 1 heterocycles. The van der Waals surface area contributed by atoms with Gasteiger partial charge in [-0.2, -0.15) is 0 Å². The summed E-state index contributed by atoms with van der Waals surface area (Å²) in [6, 6.07) is 0. The number of hydrogen-bond acceptors (Lipinski definition) is 3. The molecule has 1 aliphatic heterocycles. The van der Waals surface area contributed by atoms with Crippen LogP contribution in [0.15, 0.2) is 0 Å². The van der Waals surface area contributed by atoms with Gasteiger partial charge in [0, 0.05) is 5.92 Å². The molecule has 0 aromatic carbocycles. The van der Waals surface area contributed by atoms with Gasteiger partial charge in [0.25, 0.3) is 0 Å². The van der Waals surface area contributed by atoms with Gasteiger partial charge in [-0.1, -0.05) is 41.5 Å². The van der Waals surface area contributed by atoms with E-state index in [1.54, 1.807) is 0 Å². The fraction of sp³-hybridized carbons (Fsp3) is 0.833. The molecule has 17 heavy (non-hydrogen) atoms. The van der Waals surface area contributed by atoms with Gasteiger partial charge in [0.15, 0.2) is 0 Å². The molecule has 5 nitrogen and oxygen atoms in total. The maximum Gasteiger partial charge on any atom is 0.407 e. The van der Waals surface area contributed by atoms with E-state index in [0.29, 0.717) is 13.1 Å². The molecule has 2 amide bonds. The highest BCUT2D eigenvalue weighted by molar-refractivity contribution is 5.78. The summed E-state index contributed by atoms with van der Waals surface area (Å²) in [6.07, 6.45) is -0.640. The van der Waals surface area contributed by atoms with Gasteiger partial charge in [-0.25, -0.2) is 4.79 Å². The summed E-state index contributed by atoms with van der Waals surface area (Å²) in [5, 5.41) is 5.20. The van der Waals surface area contributed by atoms with Crippen LogP contribution in [0, 0.1) is 5.92 Å². The quantitative estimate of drug-likeness (QED) is 0.799. The Kier molecular flexibility index (Phi) is 12.0. The van der Waals surface area contributed by atoms with E-state index in [-0.39, 0.29) is 17.9 Å². The van der Waals surface area contributed by atoms with Crippen molar-refractivity contribution >= 4 is 12.0 Å². The van der Waals surface area contributed by atoms with Crippen molar-refractivity contribution in [2.24, 2.45) is 5.92 Å². The van der Waals surface area contributed by atoms with Crippen LogP contribution < -0.4 is 10.6 Å². The summed E-state index contributed by atoms with van der Waals surface area (Å²) < 4.78 is 4.83. The van der Waals surface area contributed by atoms with Crippen LogP contribution in [0.25, 0.3) is 0 Å². The number of alkyl carbamates (subject to hydrolysis) is 1. The molecule has 0 spiro atoms. The topological polar surface area (TPSA) is 67.4 Å². The number of hydrogen-bond donors (Lipinski definition) is 2. The van der Waals surface area contributed by atoms with E-state index in [1.165, 1.54) is 0 Å². The average molecular weight is 246 g/mol. The fourth-order valence-corrected chi connectivity index (χ4v) is 0.964. The zero-order valence-electron chi connectivity index (χ0n) is 11.8. The zero-order chi connectivity index (χ0) is 13.8. The highest BCUT2D eigenvalue weighted by Gasteiger charge is 2.22. The van der Waals surface area contributed by atoms with Gasteiger partial charge in [-0.05, 0) is 0 Å². The molecular weight excluding hydrogens is 220 g/mol. The van der Waals surface area contributed by atoms with Gasteiger partial charge in [0.05, 0.1) is 13.1 Å². The van der Waals surface area contributed by atoms with Crippen molar-refractivity contribution in [1.29, 1.82) is 0 Å². The van der Waals surface area contributed by atoms with Crippen molar-refractivity contribution in [1.82, 2.24) is 10.6 Å². The van der Waals surface area contributed by atoms with Crippen LogP contribution in [-0.2, 0) is 9.53 Å². The maximum absolute atomic E-state index is 11.1. The lowest BCUT2D eigenvalue weighted by atomic mass is 10.2. The fourth-order valence-electron chi connectivity index (χ4n) is 0.964. The zero-order valence-corrected chi connectivity index (χ0v) is 11.8. The van der Waals surface area contributed by atoms with Crippen LogP contribution in [0.1, 0.15) is 41.5 Å². The molecule has 1 unspecified atom stereocenters. The Morgan fingerprint density at radius 1 is 1.41 bits per heavy atom. The molecule has 102 valence electrons. The lowest BCUT2D eigenvalue weighted by Gasteiger charge is -2.10. The van der Waals surface area contributed by atoms with Crippen LogP contribution in [0.2, 0.25) is 0 Å². The number of cyclic esters (lactones) is 1. The summed E-state index contributed by atoms with van der Waals surface area (Å²) in [5.41, 5.74) is 0. The molecule has 1 saturated heterocycles. The third kappa shape index (κ3) is 8.54. The lowest BCUT2D eigenvalue weighted by Crippen LogP contribution is -2.36. The molecule has 0 aromatic heterocycles. The van der Waals surface area contributed by atoms with Crippen LogP contribution in [-0.4, -0.2) is 31.2 Å². The molecule has 0 bridgehead atoms. The van der Waals surface area contributed by atoms with Crippen molar-refractivity contribution in [3.05, 3.63) is 0 Å². The smallest absolute Gasteiger partial charge is 0.407 e. The minimum absolute atomic E-state index is 0.0250. The lowest BCUT2D eigenvalue weighted by molar-refractivity contribution is -0.124. The van der Waals surface area contributed by atoms with E-state index in [0.717, 1.165) is 0 Å². The number of nitrogens with one attached hydrogen (secondary N) is 2. The molecule has 0 radical (unpaired) electrons. The van der Waals surface area contributed by atoms with Crippen LogP contribution in [0.5, 0.6) is 0 Å². The molecule has 1 fully saturated rings. The number of rotatable bonds is 3. The second-order valence-corrected chi connectivity index (χ2v) is 3.31. The first-order chi connectivity index (χ1) is 8.09. The Morgan fingerprint density at radius 3 is 2.29 bits per heavy atom. The first-order valence-corrected chi connectivity index (χ1v) is 6.32. The Balaban J connectivity index is 0. The third-order valence-corrected chi connectivity index (χ3v) is 1.78. The normalized spacial score (nSPS) is 16.9. The third-order valence-electron chi connectivity index (χ3n) is 1.78. The Morgan fingerprint density at radius 2 is 1.94 bits per heavy atom.